The molecule has 72 valence electrons. The molecule has 0 fully saturated rings. The van der Waals surface area contributed by atoms with Crippen molar-refractivity contribution in [2.45, 2.75) is 18.6 Å². The van der Waals surface area contributed by atoms with Crippen LogP contribution in [0.15, 0.2) is 30.3 Å². The van der Waals surface area contributed by atoms with Gasteiger partial charge in [-0.2, -0.15) is 0 Å². The Morgan fingerprint density at radius 3 is 2.31 bits per heavy atom. The summed E-state index contributed by atoms with van der Waals surface area (Å²) < 4.78 is 0. The summed E-state index contributed by atoms with van der Waals surface area (Å²) in [6.45, 7) is 0. The largest absolute Gasteiger partial charge is 0.390 e. The van der Waals surface area contributed by atoms with E-state index in [0.717, 1.165) is 5.56 Å². The maximum atomic E-state index is 9.61. The Balaban J connectivity index is 2.62. The first kappa shape index (κ1) is 10.5. The summed E-state index contributed by atoms with van der Waals surface area (Å²) in [4.78, 5) is 0. The maximum Gasteiger partial charge on any atom is 0.105 e. The van der Waals surface area contributed by atoms with Gasteiger partial charge in [0.15, 0.2) is 0 Å². The van der Waals surface area contributed by atoms with E-state index in [9.17, 15) is 10.2 Å². The number of halogens is 1. The summed E-state index contributed by atoms with van der Waals surface area (Å²) in [7, 11) is 0. The normalized spacial score (nSPS) is 15.3. The van der Waals surface area contributed by atoms with Crippen LogP contribution >= 0.6 is 11.6 Å². The fourth-order valence-corrected chi connectivity index (χ4v) is 1.37. The molecule has 13 heavy (non-hydrogen) atoms. The van der Waals surface area contributed by atoms with Crippen molar-refractivity contribution in [3.05, 3.63) is 35.9 Å². The predicted molar refractivity (Wildman–Crippen MR) is 52.7 cm³/mol. The van der Waals surface area contributed by atoms with Crippen molar-refractivity contribution in [2.24, 2.45) is 0 Å². The summed E-state index contributed by atoms with van der Waals surface area (Å²) in [6, 6.07) is 9.08. The number of aliphatic hydroxyl groups excluding tert-OH is 2. The van der Waals surface area contributed by atoms with Gasteiger partial charge in [-0.1, -0.05) is 30.3 Å². The second-order valence-corrected chi connectivity index (χ2v) is 3.28. The number of alkyl halides is 1. The van der Waals surface area contributed by atoms with Crippen LogP contribution in [0.3, 0.4) is 0 Å². The minimum absolute atomic E-state index is 0.352. The van der Waals surface area contributed by atoms with Gasteiger partial charge >= 0.3 is 0 Å². The summed E-state index contributed by atoms with van der Waals surface area (Å²) >= 11 is 5.46. The molecule has 3 heteroatoms. The van der Waals surface area contributed by atoms with Crippen LogP contribution in [0.2, 0.25) is 0 Å². The lowest BCUT2D eigenvalue weighted by Gasteiger charge is -2.16. The lowest BCUT2D eigenvalue weighted by molar-refractivity contribution is 0.0170. The first-order chi connectivity index (χ1) is 6.25. The van der Waals surface area contributed by atoms with E-state index in [1.54, 1.807) is 12.1 Å². The number of rotatable bonds is 4. The molecule has 0 spiro atoms. The fraction of sp³-hybridized carbons (Fsp3) is 0.400. The molecule has 1 aromatic rings. The third-order valence-corrected chi connectivity index (χ3v) is 2.13. The van der Waals surface area contributed by atoms with Crippen LogP contribution in [0.25, 0.3) is 0 Å². The molecule has 2 unspecified atom stereocenters. The van der Waals surface area contributed by atoms with Gasteiger partial charge in [0.2, 0.25) is 0 Å². The Morgan fingerprint density at radius 1 is 1.15 bits per heavy atom. The molecule has 2 nitrogen and oxygen atoms in total. The van der Waals surface area contributed by atoms with Crippen LogP contribution in [0.1, 0.15) is 18.1 Å². The second-order valence-electron chi connectivity index (χ2n) is 2.90. The number of hydrogen-bond acceptors (Lipinski definition) is 2. The van der Waals surface area contributed by atoms with Gasteiger partial charge in [0, 0.05) is 5.88 Å². The van der Waals surface area contributed by atoms with Gasteiger partial charge in [0.1, 0.15) is 6.10 Å². The summed E-state index contributed by atoms with van der Waals surface area (Å²) in [5, 5.41) is 19.0. The quantitative estimate of drug-likeness (QED) is 0.727. The van der Waals surface area contributed by atoms with Crippen LogP contribution in [0, 0.1) is 0 Å². The summed E-state index contributed by atoms with van der Waals surface area (Å²) in [6.07, 6.45) is -1.21. The van der Waals surface area contributed by atoms with Crippen LogP contribution < -0.4 is 0 Å². The van der Waals surface area contributed by atoms with Crippen molar-refractivity contribution in [2.75, 3.05) is 5.88 Å². The van der Waals surface area contributed by atoms with Gasteiger partial charge in [-0.15, -0.1) is 11.6 Å². The van der Waals surface area contributed by atoms with Gasteiger partial charge in [-0.25, -0.2) is 0 Å². The molecular formula is C10H13ClO2. The fourth-order valence-electron chi connectivity index (χ4n) is 1.14. The molecule has 1 aromatic carbocycles. The number of aliphatic hydroxyl groups is 2. The Hall–Kier alpha value is -0.570. The lowest BCUT2D eigenvalue weighted by atomic mass is 10.0. The van der Waals surface area contributed by atoms with Crippen molar-refractivity contribution >= 4 is 11.6 Å². The van der Waals surface area contributed by atoms with Crippen molar-refractivity contribution in [1.82, 2.24) is 0 Å². The molecule has 0 bridgehead atoms. The minimum Gasteiger partial charge on any atom is -0.390 e. The average molecular weight is 201 g/mol. The van der Waals surface area contributed by atoms with Crippen LogP contribution in [0.4, 0.5) is 0 Å². The van der Waals surface area contributed by atoms with Crippen LogP contribution in [-0.4, -0.2) is 22.2 Å². The van der Waals surface area contributed by atoms with E-state index < -0.39 is 12.2 Å². The zero-order valence-electron chi connectivity index (χ0n) is 7.23. The second kappa shape index (κ2) is 5.22. The first-order valence-corrected chi connectivity index (χ1v) is 4.76. The third kappa shape index (κ3) is 2.99. The minimum atomic E-state index is -0.833. The topological polar surface area (TPSA) is 40.5 Å². The van der Waals surface area contributed by atoms with Crippen molar-refractivity contribution in [3.8, 4) is 0 Å². The Morgan fingerprint density at radius 2 is 1.77 bits per heavy atom. The van der Waals surface area contributed by atoms with Crippen LogP contribution in [-0.2, 0) is 0 Å². The molecular weight excluding hydrogens is 188 g/mol. The van der Waals surface area contributed by atoms with Gasteiger partial charge in [-0.3, -0.25) is 0 Å². The van der Waals surface area contributed by atoms with Gasteiger partial charge < -0.3 is 10.2 Å². The highest BCUT2D eigenvalue weighted by Crippen LogP contribution is 2.18. The SMILES string of the molecule is OC(CCCl)C(O)c1ccccc1. The van der Waals surface area contributed by atoms with E-state index in [1.165, 1.54) is 0 Å². The summed E-state index contributed by atoms with van der Waals surface area (Å²) in [5.41, 5.74) is 0.722. The van der Waals surface area contributed by atoms with Gasteiger partial charge in [0.25, 0.3) is 0 Å². The van der Waals surface area contributed by atoms with E-state index in [1.807, 2.05) is 18.2 Å². The number of hydrogen-bond donors (Lipinski definition) is 2. The van der Waals surface area contributed by atoms with Crippen molar-refractivity contribution in [1.29, 1.82) is 0 Å². The number of benzene rings is 1. The molecule has 0 aliphatic heterocycles. The Labute approximate surface area is 82.8 Å². The van der Waals surface area contributed by atoms with Crippen molar-refractivity contribution < 1.29 is 10.2 Å². The molecule has 0 saturated carbocycles. The molecule has 1 rings (SSSR count). The zero-order valence-corrected chi connectivity index (χ0v) is 7.98. The Bertz CT molecular complexity index is 238. The lowest BCUT2D eigenvalue weighted by Crippen LogP contribution is -2.18. The average Bonchev–Trinajstić information content (AvgIpc) is 2.18. The molecule has 0 aromatic heterocycles. The molecule has 0 radical (unpaired) electrons. The molecule has 0 saturated heterocycles. The highest BCUT2D eigenvalue weighted by Gasteiger charge is 2.16. The van der Waals surface area contributed by atoms with Gasteiger partial charge in [0.05, 0.1) is 6.10 Å². The maximum absolute atomic E-state index is 9.61. The monoisotopic (exact) mass is 200 g/mol. The highest BCUT2D eigenvalue weighted by atomic mass is 35.5. The summed E-state index contributed by atoms with van der Waals surface area (Å²) in [5.74, 6) is 0.352. The zero-order chi connectivity index (χ0) is 9.68. The standard InChI is InChI=1S/C10H13ClO2/c11-7-6-9(12)10(13)8-4-2-1-3-5-8/h1-5,9-10,12-13H,6-7H2. The molecule has 0 heterocycles. The van der Waals surface area contributed by atoms with E-state index in [0.29, 0.717) is 12.3 Å². The third-order valence-electron chi connectivity index (χ3n) is 1.91. The predicted octanol–water partition coefficient (Wildman–Crippen LogP) is 1.71. The molecule has 2 N–H and O–H groups in total. The molecule has 0 aliphatic carbocycles. The van der Waals surface area contributed by atoms with E-state index in [-0.39, 0.29) is 0 Å². The van der Waals surface area contributed by atoms with Gasteiger partial charge in [-0.05, 0) is 12.0 Å². The first-order valence-electron chi connectivity index (χ1n) is 4.22. The smallest absolute Gasteiger partial charge is 0.105 e. The highest BCUT2D eigenvalue weighted by molar-refractivity contribution is 6.17. The Kier molecular flexibility index (Phi) is 4.22. The van der Waals surface area contributed by atoms with Crippen molar-refractivity contribution in [3.63, 3.8) is 0 Å². The molecule has 2 atom stereocenters. The van der Waals surface area contributed by atoms with Crippen LogP contribution in [0.5, 0.6) is 0 Å². The molecule has 0 aliphatic rings. The van der Waals surface area contributed by atoms with E-state index >= 15 is 0 Å². The van der Waals surface area contributed by atoms with E-state index in [4.69, 9.17) is 11.6 Å². The van der Waals surface area contributed by atoms with E-state index in [2.05, 4.69) is 0 Å². The molecule has 0 amide bonds.